The van der Waals surface area contributed by atoms with Gasteiger partial charge in [-0.1, -0.05) is 30.8 Å². The normalized spacial score (nSPS) is 14.8. The first-order valence-corrected chi connectivity index (χ1v) is 11.6. The Kier molecular flexibility index (Phi) is 7.80. The monoisotopic (exact) mass is 495 g/mol. The van der Waals surface area contributed by atoms with Crippen molar-refractivity contribution in [3.63, 3.8) is 0 Å². The van der Waals surface area contributed by atoms with Crippen molar-refractivity contribution >= 4 is 17.5 Å². The van der Waals surface area contributed by atoms with Crippen molar-refractivity contribution in [2.45, 2.75) is 32.1 Å². The molecule has 4 rings (SSSR count). The number of pyridine rings is 1. The number of aromatic nitrogens is 2. The summed E-state index contributed by atoms with van der Waals surface area (Å²) in [7, 11) is 0. The molecule has 0 atom stereocenters. The number of rotatable bonds is 7. The molecule has 1 fully saturated rings. The molecule has 1 saturated heterocycles. The van der Waals surface area contributed by atoms with Crippen molar-refractivity contribution in [1.82, 2.24) is 15.0 Å². The average molecular weight is 496 g/mol. The van der Waals surface area contributed by atoms with Gasteiger partial charge in [0.15, 0.2) is 5.82 Å². The van der Waals surface area contributed by atoms with E-state index in [-0.39, 0.29) is 18.9 Å². The average Bonchev–Trinajstić information content (AvgIpc) is 3.45. The van der Waals surface area contributed by atoms with Crippen LogP contribution in [0.3, 0.4) is 0 Å². The number of anilines is 2. The van der Waals surface area contributed by atoms with Gasteiger partial charge in [0.1, 0.15) is 12.4 Å². The van der Waals surface area contributed by atoms with Gasteiger partial charge in [0.2, 0.25) is 5.88 Å². The zero-order valence-corrected chi connectivity index (χ0v) is 20.1. The SMILES string of the molecule is CC(C)c1cc(NC(=O)Nc2ccc(C#Cc3ccc(OCCN4CCC(F)(F)C4)nc3)cc2)no1. The minimum Gasteiger partial charge on any atom is -0.476 e. The molecular formula is C26H27F2N5O3. The van der Waals surface area contributed by atoms with Crippen molar-refractivity contribution in [3.8, 4) is 17.7 Å². The fourth-order valence-corrected chi connectivity index (χ4v) is 3.50. The minimum atomic E-state index is -2.60. The van der Waals surface area contributed by atoms with Crippen LogP contribution in [0.15, 0.2) is 53.2 Å². The largest absolute Gasteiger partial charge is 0.476 e. The van der Waals surface area contributed by atoms with Crippen molar-refractivity contribution in [2.24, 2.45) is 0 Å². The van der Waals surface area contributed by atoms with E-state index < -0.39 is 12.0 Å². The summed E-state index contributed by atoms with van der Waals surface area (Å²) in [5, 5.41) is 9.18. The Morgan fingerprint density at radius 3 is 2.56 bits per heavy atom. The molecule has 0 saturated carbocycles. The lowest BCUT2D eigenvalue weighted by Gasteiger charge is -2.15. The molecule has 2 amide bonds. The number of amides is 2. The van der Waals surface area contributed by atoms with Gasteiger partial charge in [0, 0.05) is 60.6 Å². The standard InChI is InChI=1S/C26H27F2N5O3/c1-18(2)22-15-23(32-36-22)31-25(34)30-21-8-5-19(6-9-21)3-4-20-7-10-24(29-16-20)35-14-13-33-12-11-26(27,28)17-33/h5-10,15-16,18H,11-14,17H2,1-2H3,(H2,30,31,32,34). The Morgan fingerprint density at radius 1 is 1.17 bits per heavy atom. The summed E-state index contributed by atoms with van der Waals surface area (Å²) < 4.78 is 37.1. The highest BCUT2D eigenvalue weighted by Gasteiger charge is 2.37. The van der Waals surface area contributed by atoms with Gasteiger partial charge in [-0.05, 0) is 30.3 Å². The van der Waals surface area contributed by atoms with Crippen LogP contribution < -0.4 is 15.4 Å². The van der Waals surface area contributed by atoms with Gasteiger partial charge in [-0.2, -0.15) is 0 Å². The number of benzene rings is 1. The molecular weight excluding hydrogens is 468 g/mol. The lowest BCUT2D eigenvalue weighted by atomic mass is 10.2. The van der Waals surface area contributed by atoms with Crippen molar-refractivity contribution < 1.29 is 22.8 Å². The fraction of sp³-hybridized carbons (Fsp3) is 0.346. The molecule has 0 spiro atoms. The van der Waals surface area contributed by atoms with Crippen LogP contribution in [-0.4, -0.2) is 53.2 Å². The second kappa shape index (κ2) is 11.2. The lowest BCUT2D eigenvalue weighted by molar-refractivity contribution is 0.0112. The van der Waals surface area contributed by atoms with Crippen LogP contribution in [0.4, 0.5) is 25.1 Å². The number of halogens is 2. The van der Waals surface area contributed by atoms with Crippen molar-refractivity contribution in [3.05, 3.63) is 65.5 Å². The van der Waals surface area contributed by atoms with E-state index in [4.69, 9.17) is 9.26 Å². The molecule has 0 bridgehead atoms. The quantitative estimate of drug-likeness (QED) is 0.451. The van der Waals surface area contributed by atoms with Crippen LogP contribution in [0.2, 0.25) is 0 Å². The summed E-state index contributed by atoms with van der Waals surface area (Å²) >= 11 is 0. The zero-order valence-electron chi connectivity index (χ0n) is 20.1. The molecule has 0 unspecified atom stereocenters. The molecule has 2 N–H and O–H groups in total. The smallest absolute Gasteiger partial charge is 0.324 e. The number of nitrogens with zero attached hydrogens (tertiary/aromatic N) is 3. The van der Waals surface area contributed by atoms with Gasteiger partial charge in [-0.15, -0.1) is 0 Å². The van der Waals surface area contributed by atoms with E-state index in [1.54, 1.807) is 53.6 Å². The number of nitrogens with one attached hydrogen (secondary N) is 2. The van der Waals surface area contributed by atoms with Crippen molar-refractivity contribution in [1.29, 1.82) is 0 Å². The summed E-state index contributed by atoms with van der Waals surface area (Å²) in [6.07, 6.45) is 1.50. The fourth-order valence-electron chi connectivity index (χ4n) is 3.50. The van der Waals surface area contributed by atoms with Gasteiger partial charge in [0.05, 0.1) is 6.54 Å². The van der Waals surface area contributed by atoms with Gasteiger partial charge in [0.25, 0.3) is 5.92 Å². The van der Waals surface area contributed by atoms with Crippen LogP contribution in [0.5, 0.6) is 5.88 Å². The van der Waals surface area contributed by atoms with Crippen LogP contribution >= 0.6 is 0 Å². The Bertz CT molecular complexity index is 1230. The van der Waals surface area contributed by atoms with Crippen LogP contribution in [0.25, 0.3) is 0 Å². The highest BCUT2D eigenvalue weighted by Crippen LogP contribution is 2.26. The second-order valence-corrected chi connectivity index (χ2v) is 8.79. The highest BCUT2D eigenvalue weighted by molar-refractivity contribution is 5.99. The van der Waals surface area contributed by atoms with Crippen LogP contribution in [0.1, 0.15) is 43.1 Å². The number of urea groups is 1. The predicted molar refractivity (Wildman–Crippen MR) is 131 cm³/mol. The van der Waals surface area contributed by atoms with E-state index in [9.17, 15) is 13.6 Å². The number of carbonyl (C=O) groups is 1. The summed E-state index contributed by atoms with van der Waals surface area (Å²) in [5.74, 6) is 5.11. The van der Waals surface area contributed by atoms with Crippen LogP contribution in [0, 0.1) is 11.8 Å². The maximum Gasteiger partial charge on any atom is 0.324 e. The van der Waals surface area contributed by atoms with Gasteiger partial charge in [-0.3, -0.25) is 10.2 Å². The molecule has 0 radical (unpaired) electrons. The Labute approximate surface area is 208 Å². The van der Waals surface area contributed by atoms with Crippen molar-refractivity contribution in [2.75, 3.05) is 36.9 Å². The Hall–Kier alpha value is -3.97. The molecule has 1 aromatic carbocycles. The number of hydrogen-bond donors (Lipinski definition) is 2. The van der Waals surface area contributed by atoms with Crippen LogP contribution in [-0.2, 0) is 0 Å². The maximum atomic E-state index is 13.2. The molecule has 3 aromatic rings. The first-order chi connectivity index (χ1) is 17.3. The molecule has 2 aromatic heterocycles. The maximum absolute atomic E-state index is 13.2. The summed E-state index contributed by atoms with van der Waals surface area (Å²) in [4.78, 5) is 18.1. The third-order valence-corrected chi connectivity index (χ3v) is 5.48. The van der Waals surface area contributed by atoms with Gasteiger partial charge < -0.3 is 14.6 Å². The number of ether oxygens (including phenoxy) is 1. The second-order valence-electron chi connectivity index (χ2n) is 8.79. The topological polar surface area (TPSA) is 92.5 Å². The molecule has 0 aliphatic carbocycles. The number of likely N-dealkylation sites (tertiary alicyclic amines) is 1. The molecule has 188 valence electrons. The summed E-state index contributed by atoms with van der Waals surface area (Å²) in [5.41, 5.74) is 2.07. The zero-order chi connectivity index (χ0) is 25.5. The summed E-state index contributed by atoms with van der Waals surface area (Å²) in [6.45, 7) is 4.84. The molecule has 3 heterocycles. The molecule has 10 heteroatoms. The van der Waals surface area contributed by atoms with E-state index in [0.717, 1.165) is 5.56 Å². The molecule has 8 nitrogen and oxygen atoms in total. The Morgan fingerprint density at radius 2 is 1.92 bits per heavy atom. The minimum absolute atomic E-state index is 0.101. The predicted octanol–water partition coefficient (Wildman–Crippen LogP) is 4.96. The first-order valence-electron chi connectivity index (χ1n) is 11.6. The van der Waals surface area contributed by atoms with E-state index >= 15 is 0 Å². The lowest BCUT2D eigenvalue weighted by Crippen LogP contribution is -2.29. The summed E-state index contributed by atoms with van der Waals surface area (Å²) in [6, 6.07) is 11.8. The van der Waals surface area contributed by atoms with E-state index in [1.807, 2.05) is 13.8 Å². The number of hydrogen-bond acceptors (Lipinski definition) is 6. The van der Waals surface area contributed by atoms with Gasteiger partial charge in [-0.25, -0.2) is 18.6 Å². The first kappa shape index (κ1) is 25.1. The number of carbonyl (C=O) groups excluding carboxylic acids is 1. The van der Waals surface area contributed by atoms with E-state index in [0.29, 0.717) is 48.4 Å². The molecule has 1 aliphatic rings. The molecule has 1 aliphatic heterocycles. The molecule has 36 heavy (non-hydrogen) atoms. The third-order valence-electron chi connectivity index (χ3n) is 5.48. The van der Waals surface area contributed by atoms with Gasteiger partial charge >= 0.3 is 6.03 Å². The highest BCUT2D eigenvalue weighted by atomic mass is 19.3. The Balaban J connectivity index is 1.23. The number of alkyl halides is 2. The van der Waals surface area contributed by atoms with E-state index in [2.05, 4.69) is 32.6 Å². The third kappa shape index (κ3) is 7.26. The van der Waals surface area contributed by atoms with E-state index in [1.165, 1.54) is 0 Å².